The zero-order valence-electron chi connectivity index (χ0n) is 12.1. The molecule has 0 heterocycles. The highest BCUT2D eigenvalue weighted by molar-refractivity contribution is 4.82. The normalized spacial score (nSPS) is 19.9. The summed E-state index contributed by atoms with van der Waals surface area (Å²) in [6, 6.07) is 0.201. The molecule has 0 bridgehead atoms. The van der Waals surface area contributed by atoms with Crippen LogP contribution in [0.25, 0.3) is 0 Å². The quantitative estimate of drug-likeness (QED) is 0.768. The number of alkyl halides is 3. The van der Waals surface area contributed by atoms with Crippen molar-refractivity contribution in [3.8, 4) is 0 Å². The standard InChI is InChI=1S/C14H27F3N2/c1-3-9-18-13(12-7-5-4-6-8-12)10-19(2)11-14(15,16)17/h12-13,18H,3-11H2,1-2H3. The van der Waals surface area contributed by atoms with Gasteiger partial charge in [-0.3, -0.25) is 4.90 Å². The fourth-order valence-corrected chi connectivity index (χ4v) is 2.95. The molecule has 0 aliphatic heterocycles. The summed E-state index contributed by atoms with van der Waals surface area (Å²) < 4.78 is 37.2. The van der Waals surface area contributed by atoms with Crippen LogP contribution in [0.15, 0.2) is 0 Å². The molecular formula is C14H27F3N2. The molecule has 2 nitrogen and oxygen atoms in total. The summed E-state index contributed by atoms with van der Waals surface area (Å²) in [7, 11) is 1.57. The lowest BCUT2D eigenvalue weighted by Crippen LogP contribution is -2.47. The van der Waals surface area contributed by atoms with Crippen LogP contribution in [0.5, 0.6) is 0 Å². The van der Waals surface area contributed by atoms with Gasteiger partial charge in [-0.2, -0.15) is 13.2 Å². The molecule has 1 aliphatic carbocycles. The summed E-state index contributed by atoms with van der Waals surface area (Å²) in [6.07, 6.45) is 2.94. The number of nitrogens with one attached hydrogen (secondary N) is 1. The van der Waals surface area contributed by atoms with E-state index in [0.717, 1.165) is 25.8 Å². The largest absolute Gasteiger partial charge is 0.401 e. The molecular weight excluding hydrogens is 253 g/mol. The average Bonchev–Trinajstić information content (AvgIpc) is 2.33. The topological polar surface area (TPSA) is 15.3 Å². The number of hydrogen-bond donors (Lipinski definition) is 1. The van der Waals surface area contributed by atoms with E-state index in [4.69, 9.17) is 0 Å². The van der Waals surface area contributed by atoms with Gasteiger partial charge >= 0.3 is 6.18 Å². The summed E-state index contributed by atoms with van der Waals surface area (Å²) in [4.78, 5) is 1.40. The smallest absolute Gasteiger partial charge is 0.312 e. The van der Waals surface area contributed by atoms with Crippen molar-refractivity contribution in [3.63, 3.8) is 0 Å². The molecule has 1 atom stereocenters. The Morgan fingerprint density at radius 1 is 1.21 bits per heavy atom. The molecule has 1 fully saturated rings. The van der Waals surface area contributed by atoms with Crippen LogP contribution in [0.2, 0.25) is 0 Å². The number of likely N-dealkylation sites (N-methyl/N-ethyl adjacent to an activating group) is 1. The lowest BCUT2D eigenvalue weighted by molar-refractivity contribution is -0.144. The van der Waals surface area contributed by atoms with Crippen LogP contribution in [0.3, 0.4) is 0 Å². The van der Waals surface area contributed by atoms with E-state index < -0.39 is 12.7 Å². The molecule has 1 unspecified atom stereocenters. The van der Waals surface area contributed by atoms with E-state index in [1.165, 1.54) is 24.2 Å². The van der Waals surface area contributed by atoms with Gasteiger partial charge in [0.2, 0.25) is 0 Å². The van der Waals surface area contributed by atoms with Crippen molar-refractivity contribution in [3.05, 3.63) is 0 Å². The maximum atomic E-state index is 12.4. The minimum absolute atomic E-state index is 0.201. The summed E-state index contributed by atoms with van der Waals surface area (Å²) in [6.45, 7) is 2.65. The SMILES string of the molecule is CCCNC(CN(C)CC(F)(F)F)C1CCCCC1. The van der Waals surface area contributed by atoms with E-state index in [1.54, 1.807) is 7.05 Å². The predicted octanol–water partition coefficient (Wildman–Crippen LogP) is 3.43. The Morgan fingerprint density at radius 2 is 1.84 bits per heavy atom. The van der Waals surface area contributed by atoms with E-state index >= 15 is 0 Å². The first kappa shape index (κ1) is 16.8. The summed E-state index contributed by atoms with van der Waals surface area (Å²) >= 11 is 0. The summed E-state index contributed by atoms with van der Waals surface area (Å²) in [5.41, 5.74) is 0. The fourth-order valence-electron chi connectivity index (χ4n) is 2.95. The zero-order chi connectivity index (χ0) is 14.3. The molecule has 1 N–H and O–H groups in total. The monoisotopic (exact) mass is 280 g/mol. The molecule has 1 rings (SSSR count). The maximum Gasteiger partial charge on any atom is 0.401 e. The van der Waals surface area contributed by atoms with Crippen molar-refractivity contribution in [1.29, 1.82) is 0 Å². The second-order valence-electron chi connectivity index (χ2n) is 5.77. The van der Waals surface area contributed by atoms with Crippen molar-refractivity contribution < 1.29 is 13.2 Å². The molecule has 1 saturated carbocycles. The highest BCUT2D eigenvalue weighted by atomic mass is 19.4. The Balaban J connectivity index is 2.47. The Labute approximate surface area is 114 Å². The van der Waals surface area contributed by atoms with Crippen molar-refractivity contribution in [1.82, 2.24) is 10.2 Å². The highest BCUT2D eigenvalue weighted by Crippen LogP contribution is 2.27. The lowest BCUT2D eigenvalue weighted by atomic mass is 9.83. The first-order valence-electron chi connectivity index (χ1n) is 7.41. The second kappa shape index (κ2) is 8.10. The Hall–Kier alpha value is -0.290. The molecule has 1 aliphatic rings. The van der Waals surface area contributed by atoms with E-state index in [1.807, 2.05) is 0 Å². The number of nitrogens with zero attached hydrogens (tertiary/aromatic N) is 1. The van der Waals surface area contributed by atoms with E-state index in [0.29, 0.717) is 12.5 Å². The van der Waals surface area contributed by atoms with Crippen LogP contribution in [-0.4, -0.2) is 43.8 Å². The van der Waals surface area contributed by atoms with Gasteiger partial charge in [0.15, 0.2) is 0 Å². The van der Waals surface area contributed by atoms with Crippen LogP contribution < -0.4 is 5.32 Å². The fraction of sp³-hybridized carbons (Fsp3) is 1.00. The Kier molecular flexibility index (Phi) is 7.15. The molecule has 0 radical (unpaired) electrons. The molecule has 5 heteroatoms. The molecule has 0 aromatic rings. The maximum absolute atomic E-state index is 12.4. The van der Waals surface area contributed by atoms with Crippen molar-refractivity contribution in [2.75, 3.05) is 26.7 Å². The number of halogens is 3. The van der Waals surface area contributed by atoms with Gasteiger partial charge in [-0.1, -0.05) is 26.2 Å². The van der Waals surface area contributed by atoms with Gasteiger partial charge in [-0.25, -0.2) is 0 Å². The average molecular weight is 280 g/mol. The number of hydrogen-bond acceptors (Lipinski definition) is 2. The predicted molar refractivity (Wildman–Crippen MR) is 72.2 cm³/mol. The minimum atomic E-state index is -4.10. The molecule has 0 aromatic heterocycles. The van der Waals surface area contributed by atoms with Gasteiger partial charge in [0.1, 0.15) is 0 Å². The van der Waals surface area contributed by atoms with Crippen LogP contribution in [-0.2, 0) is 0 Å². The van der Waals surface area contributed by atoms with E-state index in [-0.39, 0.29) is 6.04 Å². The van der Waals surface area contributed by atoms with Crippen LogP contribution in [0, 0.1) is 5.92 Å². The Bertz CT molecular complexity index is 237. The molecule has 19 heavy (non-hydrogen) atoms. The third-order valence-corrected chi connectivity index (χ3v) is 3.83. The van der Waals surface area contributed by atoms with Crippen LogP contribution in [0.1, 0.15) is 45.4 Å². The summed E-state index contributed by atoms with van der Waals surface area (Å²) in [5, 5.41) is 3.45. The zero-order valence-corrected chi connectivity index (χ0v) is 12.1. The summed E-state index contributed by atoms with van der Waals surface area (Å²) in [5.74, 6) is 0.538. The molecule has 0 saturated heterocycles. The van der Waals surface area contributed by atoms with Gasteiger partial charge in [0, 0.05) is 12.6 Å². The van der Waals surface area contributed by atoms with Crippen molar-refractivity contribution >= 4 is 0 Å². The lowest BCUT2D eigenvalue weighted by Gasteiger charge is -2.34. The highest BCUT2D eigenvalue weighted by Gasteiger charge is 2.31. The van der Waals surface area contributed by atoms with Crippen LogP contribution in [0.4, 0.5) is 13.2 Å². The van der Waals surface area contributed by atoms with E-state index in [9.17, 15) is 13.2 Å². The molecule has 0 aromatic carbocycles. The van der Waals surface area contributed by atoms with Gasteiger partial charge in [-0.05, 0) is 38.8 Å². The third kappa shape index (κ3) is 7.16. The van der Waals surface area contributed by atoms with Crippen molar-refractivity contribution in [2.45, 2.75) is 57.7 Å². The second-order valence-corrected chi connectivity index (χ2v) is 5.77. The van der Waals surface area contributed by atoms with Crippen molar-refractivity contribution in [2.24, 2.45) is 5.92 Å². The first-order valence-corrected chi connectivity index (χ1v) is 7.41. The van der Waals surface area contributed by atoms with Gasteiger partial charge in [0.05, 0.1) is 6.54 Å². The molecule has 0 amide bonds. The Morgan fingerprint density at radius 3 is 2.37 bits per heavy atom. The third-order valence-electron chi connectivity index (χ3n) is 3.83. The minimum Gasteiger partial charge on any atom is -0.312 e. The van der Waals surface area contributed by atoms with Gasteiger partial charge in [0.25, 0.3) is 0 Å². The van der Waals surface area contributed by atoms with Gasteiger partial charge < -0.3 is 5.32 Å². The molecule has 114 valence electrons. The number of rotatable bonds is 7. The van der Waals surface area contributed by atoms with E-state index in [2.05, 4.69) is 12.2 Å². The molecule has 0 spiro atoms. The van der Waals surface area contributed by atoms with Gasteiger partial charge in [-0.15, -0.1) is 0 Å². The van der Waals surface area contributed by atoms with Crippen LogP contribution >= 0.6 is 0 Å². The first-order chi connectivity index (χ1) is 8.92.